The molecule has 0 aromatic carbocycles. The first-order valence-corrected chi connectivity index (χ1v) is 9.46. The third-order valence-electron chi connectivity index (χ3n) is 2.93. The Kier molecular flexibility index (Phi) is 6.64. The Morgan fingerprint density at radius 1 is 1.35 bits per heavy atom. The van der Waals surface area contributed by atoms with Gasteiger partial charge in [-0.1, -0.05) is 21.6 Å². The van der Waals surface area contributed by atoms with E-state index in [9.17, 15) is 14.4 Å². The zero-order valence-electron chi connectivity index (χ0n) is 14.2. The molecule has 2 atom stereocenters. The highest BCUT2D eigenvalue weighted by molar-refractivity contribution is 8.77. The monoisotopic (exact) mass is 364 g/mol. The fraction of sp³-hybridized carbons (Fsp3) is 0.786. The molecule has 2 amide bonds. The molecule has 1 heterocycles. The van der Waals surface area contributed by atoms with Gasteiger partial charge in [0.1, 0.15) is 17.7 Å². The van der Waals surface area contributed by atoms with Gasteiger partial charge in [-0.2, -0.15) is 0 Å². The molecule has 1 aliphatic heterocycles. The molecule has 1 aliphatic rings. The van der Waals surface area contributed by atoms with Crippen LogP contribution >= 0.6 is 21.6 Å². The average Bonchev–Trinajstić information content (AvgIpc) is 2.39. The molecule has 1 rings (SSSR count). The first kappa shape index (κ1) is 20.0. The number of ether oxygens (including phenoxy) is 2. The fourth-order valence-corrected chi connectivity index (χ4v) is 4.62. The molecule has 0 saturated carbocycles. The van der Waals surface area contributed by atoms with Crippen LogP contribution < -0.4 is 10.6 Å². The number of carbonyl (C=O) groups is 3. The summed E-state index contributed by atoms with van der Waals surface area (Å²) in [6, 6.07) is -1.59. The lowest BCUT2D eigenvalue weighted by Gasteiger charge is -2.35. The van der Waals surface area contributed by atoms with Gasteiger partial charge in [0.05, 0.1) is 11.9 Å². The molecule has 0 aromatic heterocycles. The SMILES string of the molecule is COC(=O)[C@H]1NC(=O)[C@@H](NC(=O)OC(C)(C)C)CSSC1(C)C. The van der Waals surface area contributed by atoms with Crippen molar-refractivity contribution in [2.75, 3.05) is 12.9 Å². The van der Waals surface area contributed by atoms with E-state index in [1.165, 1.54) is 28.7 Å². The van der Waals surface area contributed by atoms with Gasteiger partial charge in [-0.25, -0.2) is 9.59 Å². The van der Waals surface area contributed by atoms with E-state index in [1.807, 2.05) is 13.8 Å². The molecule has 0 radical (unpaired) electrons. The van der Waals surface area contributed by atoms with Gasteiger partial charge >= 0.3 is 12.1 Å². The Labute approximate surface area is 144 Å². The number of hydrogen-bond donors (Lipinski definition) is 2. The second kappa shape index (κ2) is 7.65. The van der Waals surface area contributed by atoms with E-state index in [-0.39, 0.29) is 0 Å². The van der Waals surface area contributed by atoms with Crippen LogP contribution in [-0.4, -0.2) is 53.3 Å². The molecule has 2 N–H and O–H groups in total. The van der Waals surface area contributed by atoms with Crippen LogP contribution in [-0.2, 0) is 19.1 Å². The van der Waals surface area contributed by atoms with Crippen molar-refractivity contribution < 1.29 is 23.9 Å². The maximum absolute atomic E-state index is 12.4. The molecule has 132 valence electrons. The zero-order valence-corrected chi connectivity index (χ0v) is 15.9. The van der Waals surface area contributed by atoms with Gasteiger partial charge in [0.15, 0.2) is 0 Å². The molecule has 0 aromatic rings. The predicted molar refractivity (Wildman–Crippen MR) is 91.2 cm³/mol. The van der Waals surface area contributed by atoms with Crippen molar-refractivity contribution in [3.05, 3.63) is 0 Å². The number of esters is 1. The van der Waals surface area contributed by atoms with E-state index in [2.05, 4.69) is 10.6 Å². The number of alkyl carbamates (subject to hydrolysis) is 1. The Morgan fingerprint density at radius 2 is 1.96 bits per heavy atom. The maximum atomic E-state index is 12.4. The predicted octanol–water partition coefficient (Wildman–Crippen LogP) is 1.71. The van der Waals surface area contributed by atoms with Gasteiger partial charge in [0, 0.05) is 5.75 Å². The van der Waals surface area contributed by atoms with Crippen molar-refractivity contribution in [2.24, 2.45) is 0 Å². The van der Waals surface area contributed by atoms with Crippen LogP contribution in [0.5, 0.6) is 0 Å². The van der Waals surface area contributed by atoms with E-state index in [0.29, 0.717) is 5.75 Å². The van der Waals surface area contributed by atoms with Crippen LogP contribution in [0.4, 0.5) is 4.79 Å². The number of methoxy groups -OCH3 is 1. The zero-order chi connectivity index (χ0) is 17.8. The topological polar surface area (TPSA) is 93.7 Å². The summed E-state index contributed by atoms with van der Waals surface area (Å²) in [5.74, 6) is -0.589. The van der Waals surface area contributed by atoms with E-state index < -0.39 is 40.4 Å². The Balaban J connectivity index is 2.81. The highest BCUT2D eigenvalue weighted by Crippen LogP contribution is 2.40. The third-order valence-corrected chi connectivity index (χ3v) is 6.24. The molecule has 1 fully saturated rings. The van der Waals surface area contributed by atoms with E-state index in [4.69, 9.17) is 9.47 Å². The van der Waals surface area contributed by atoms with Gasteiger partial charge in [0.2, 0.25) is 5.91 Å². The first-order chi connectivity index (χ1) is 10.5. The summed E-state index contributed by atoms with van der Waals surface area (Å²) in [5.41, 5.74) is -0.652. The number of rotatable bonds is 2. The minimum Gasteiger partial charge on any atom is -0.467 e. The van der Waals surface area contributed by atoms with Crippen LogP contribution in [0.2, 0.25) is 0 Å². The lowest BCUT2D eigenvalue weighted by Crippen LogP contribution is -2.59. The molecule has 0 unspecified atom stereocenters. The number of carbonyl (C=O) groups excluding carboxylic acids is 3. The summed E-state index contributed by atoms with van der Waals surface area (Å²) < 4.78 is 9.39. The van der Waals surface area contributed by atoms with E-state index in [0.717, 1.165) is 0 Å². The Hall–Kier alpha value is -1.09. The van der Waals surface area contributed by atoms with Crippen molar-refractivity contribution in [1.82, 2.24) is 10.6 Å². The summed E-state index contributed by atoms with van der Waals surface area (Å²) in [4.78, 5) is 36.2. The quantitative estimate of drug-likeness (QED) is 0.569. The highest BCUT2D eigenvalue weighted by atomic mass is 33.1. The van der Waals surface area contributed by atoms with Crippen molar-refractivity contribution in [3.63, 3.8) is 0 Å². The van der Waals surface area contributed by atoms with Gasteiger partial charge in [0.25, 0.3) is 0 Å². The molecule has 0 aliphatic carbocycles. The second-order valence-electron chi connectivity index (χ2n) is 6.63. The van der Waals surface area contributed by atoms with Crippen molar-refractivity contribution in [3.8, 4) is 0 Å². The van der Waals surface area contributed by atoms with E-state index in [1.54, 1.807) is 20.8 Å². The fourth-order valence-electron chi connectivity index (χ4n) is 1.81. The number of nitrogens with one attached hydrogen (secondary N) is 2. The van der Waals surface area contributed by atoms with Gasteiger partial charge < -0.3 is 20.1 Å². The second-order valence-corrected chi connectivity index (χ2v) is 9.63. The highest BCUT2D eigenvalue weighted by Gasteiger charge is 2.41. The minimum atomic E-state index is -0.805. The van der Waals surface area contributed by atoms with Gasteiger partial charge in [-0.3, -0.25) is 4.79 Å². The summed E-state index contributed by atoms with van der Waals surface area (Å²) in [7, 11) is 4.15. The molecule has 23 heavy (non-hydrogen) atoms. The largest absolute Gasteiger partial charge is 0.467 e. The molecule has 9 heteroatoms. The minimum absolute atomic E-state index is 0.368. The average molecular weight is 364 g/mol. The molecular weight excluding hydrogens is 340 g/mol. The van der Waals surface area contributed by atoms with Crippen LogP contribution in [0.25, 0.3) is 0 Å². The standard InChI is InChI=1S/C14H24N2O5S2/c1-13(2,3)21-12(19)15-8-7-22-23-14(4,5)9(11(18)20-6)16-10(8)17/h8-9H,7H2,1-6H3,(H,15,19)(H,16,17)/t8-,9+/m0/s1. The van der Waals surface area contributed by atoms with Crippen molar-refractivity contribution in [2.45, 2.75) is 57.1 Å². The van der Waals surface area contributed by atoms with Crippen LogP contribution in [0.15, 0.2) is 0 Å². The molecule has 7 nitrogen and oxygen atoms in total. The van der Waals surface area contributed by atoms with Crippen molar-refractivity contribution >= 4 is 39.6 Å². The van der Waals surface area contributed by atoms with Gasteiger partial charge in [-0.15, -0.1) is 0 Å². The molecule has 0 spiro atoms. The van der Waals surface area contributed by atoms with Crippen molar-refractivity contribution in [1.29, 1.82) is 0 Å². The Morgan fingerprint density at radius 3 is 2.48 bits per heavy atom. The number of amides is 2. The smallest absolute Gasteiger partial charge is 0.408 e. The summed E-state index contributed by atoms with van der Waals surface area (Å²) in [6.45, 7) is 8.93. The lowest BCUT2D eigenvalue weighted by molar-refractivity contribution is -0.146. The lowest BCUT2D eigenvalue weighted by atomic mass is 10.0. The third kappa shape index (κ3) is 6.14. The van der Waals surface area contributed by atoms with E-state index >= 15 is 0 Å². The summed E-state index contributed by atoms with van der Waals surface area (Å²) in [6.07, 6.45) is -0.669. The van der Waals surface area contributed by atoms with Crippen LogP contribution in [0.1, 0.15) is 34.6 Å². The molecule has 1 saturated heterocycles. The summed E-state index contributed by atoms with van der Waals surface area (Å²) in [5, 5.41) is 5.20. The number of hydrogen-bond acceptors (Lipinski definition) is 7. The van der Waals surface area contributed by atoms with Crippen LogP contribution in [0, 0.1) is 0 Å². The Bertz CT molecular complexity index is 476. The summed E-state index contributed by atoms with van der Waals surface area (Å²) >= 11 is 0. The molecule has 0 bridgehead atoms. The molecular formula is C14H24N2O5S2. The maximum Gasteiger partial charge on any atom is 0.408 e. The first-order valence-electron chi connectivity index (χ1n) is 7.14. The van der Waals surface area contributed by atoms with Crippen LogP contribution in [0.3, 0.4) is 0 Å². The normalized spacial score (nSPS) is 24.7. The van der Waals surface area contributed by atoms with Gasteiger partial charge in [-0.05, 0) is 34.6 Å².